The van der Waals surface area contributed by atoms with E-state index < -0.39 is 5.24 Å². The van der Waals surface area contributed by atoms with Gasteiger partial charge in [0.05, 0.1) is 6.67 Å². The first kappa shape index (κ1) is 17.2. The molecule has 6 heteroatoms. The van der Waals surface area contributed by atoms with Crippen LogP contribution in [0.3, 0.4) is 0 Å². The van der Waals surface area contributed by atoms with Crippen molar-refractivity contribution in [2.45, 2.75) is 18.9 Å². The second-order valence-electron chi connectivity index (χ2n) is 4.67. The van der Waals surface area contributed by atoms with Crippen molar-refractivity contribution < 1.29 is 13.9 Å². The topological polar surface area (TPSA) is 29.5 Å². The van der Waals surface area contributed by atoms with Gasteiger partial charge in [0.25, 0.3) is 5.24 Å². The Balaban J connectivity index is 0.00000200. The lowest BCUT2D eigenvalue weighted by Crippen LogP contribution is -2.26. The van der Waals surface area contributed by atoms with E-state index in [1.54, 1.807) is 24.3 Å². The maximum Gasteiger partial charge on any atom is 0.252 e. The molecule has 112 valence electrons. The van der Waals surface area contributed by atoms with Crippen LogP contribution >= 0.6 is 24.0 Å². The molecule has 3 nitrogen and oxygen atoms in total. The fraction of sp³-hybridized carbons (Fsp3) is 0.500. The van der Waals surface area contributed by atoms with Gasteiger partial charge in [0, 0.05) is 25.2 Å². The van der Waals surface area contributed by atoms with E-state index in [0.29, 0.717) is 12.0 Å². The summed E-state index contributed by atoms with van der Waals surface area (Å²) in [6, 6.07) is 6.81. The number of carbonyl (C=O) groups is 1. The molecule has 2 rings (SSSR count). The van der Waals surface area contributed by atoms with Crippen molar-refractivity contribution in [2.75, 3.05) is 26.3 Å². The van der Waals surface area contributed by atoms with Crippen molar-refractivity contribution in [3.63, 3.8) is 0 Å². The minimum Gasteiger partial charge on any atom is -0.489 e. The molecule has 0 amide bonds. The molecule has 20 heavy (non-hydrogen) atoms. The smallest absolute Gasteiger partial charge is 0.252 e. The Morgan fingerprint density at radius 1 is 1.40 bits per heavy atom. The summed E-state index contributed by atoms with van der Waals surface area (Å²) in [5, 5.41) is -0.468. The molecule has 1 atom stereocenters. The average molecular weight is 322 g/mol. The first-order chi connectivity index (χ1) is 9.19. The Hall–Kier alpha value is -0.840. The summed E-state index contributed by atoms with van der Waals surface area (Å²) in [6.45, 7) is 2.30. The summed E-state index contributed by atoms with van der Waals surface area (Å²) in [5.41, 5.74) is 0.463. The van der Waals surface area contributed by atoms with Gasteiger partial charge in [-0.25, -0.2) is 0 Å². The van der Waals surface area contributed by atoms with Crippen LogP contribution in [0.1, 0.15) is 23.2 Å². The first-order valence-electron chi connectivity index (χ1n) is 6.44. The van der Waals surface area contributed by atoms with E-state index in [9.17, 15) is 9.18 Å². The second kappa shape index (κ2) is 8.45. The van der Waals surface area contributed by atoms with Crippen LogP contribution in [0, 0.1) is 0 Å². The maximum atomic E-state index is 12.1. The third-order valence-corrected chi connectivity index (χ3v) is 3.44. The Kier molecular flexibility index (Phi) is 7.27. The van der Waals surface area contributed by atoms with E-state index in [4.69, 9.17) is 16.3 Å². The molecule has 1 aliphatic rings. The zero-order valence-electron chi connectivity index (χ0n) is 11.1. The molecule has 0 radical (unpaired) electrons. The number of alkyl halides is 1. The Morgan fingerprint density at radius 2 is 2.10 bits per heavy atom. The number of likely N-dealkylation sites (tertiary alicyclic amines) is 1. The van der Waals surface area contributed by atoms with Gasteiger partial charge in [0.2, 0.25) is 0 Å². The standard InChI is InChI=1S/C14H17ClFNO2.ClH/c15-14(18)11-2-4-12(5-3-11)19-13-6-9-17(10-13)8-1-7-16;/h2-5,13H,1,6-10H2;1H/t13-;/m0./s1. The number of hydrogen-bond donors (Lipinski definition) is 0. The Bertz CT molecular complexity index is 428. The van der Waals surface area contributed by atoms with E-state index in [0.717, 1.165) is 31.8 Å². The highest BCUT2D eigenvalue weighted by Gasteiger charge is 2.23. The summed E-state index contributed by atoms with van der Waals surface area (Å²) in [6.07, 6.45) is 1.67. The molecule has 1 heterocycles. The van der Waals surface area contributed by atoms with E-state index in [-0.39, 0.29) is 25.2 Å². The molecule has 0 aliphatic carbocycles. The number of hydrogen-bond acceptors (Lipinski definition) is 3. The fourth-order valence-electron chi connectivity index (χ4n) is 2.24. The monoisotopic (exact) mass is 321 g/mol. The van der Waals surface area contributed by atoms with E-state index in [1.807, 2.05) is 0 Å². The van der Waals surface area contributed by atoms with Crippen LogP contribution in [-0.2, 0) is 0 Å². The average Bonchev–Trinajstić information content (AvgIpc) is 2.84. The molecular weight excluding hydrogens is 304 g/mol. The summed E-state index contributed by atoms with van der Waals surface area (Å²) in [7, 11) is 0. The molecule has 0 N–H and O–H groups in total. The third kappa shape index (κ3) is 4.93. The lowest BCUT2D eigenvalue weighted by molar-refractivity contribution is 0.108. The van der Waals surface area contributed by atoms with Crippen LogP contribution in [0.2, 0.25) is 0 Å². The molecule has 0 spiro atoms. The molecule has 0 aromatic heterocycles. The SMILES string of the molecule is Cl.O=C(Cl)c1ccc(O[C@H]2CCN(CCCF)C2)cc1. The molecule has 0 unspecified atom stereocenters. The third-order valence-electron chi connectivity index (χ3n) is 3.22. The van der Waals surface area contributed by atoms with Crippen LogP contribution in [0.15, 0.2) is 24.3 Å². The molecule has 1 aliphatic heterocycles. The van der Waals surface area contributed by atoms with Crippen LogP contribution < -0.4 is 4.74 Å². The number of halogens is 3. The zero-order valence-corrected chi connectivity index (χ0v) is 12.6. The highest BCUT2D eigenvalue weighted by molar-refractivity contribution is 6.67. The Labute approximate surface area is 129 Å². The molecule has 1 aromatic rings. The lowest BCUT2D eigenvalue weighted by atomic mass is 10.2. The predicted molar refractivity (Wildman–Crippen MR) is 79.9 cm³/mol. The van der Waals surface area contributed by atoms with Crippen molar-refractivity contribution in [2.24, 2.45) is 0 Å². The van der Waals surface area contributed by atoms with Gasteiger partial charge in [-0.2, -0.15) is 0 Å². The molecular formula is C14H18Cl2FNO2. The van der Waals surface area contributed by atoms with E-state index >= 15 is 0 Å². The van der Waals surface area contributed by atoms with Gasteiger partial charge in [0.15, 0.2) is 0 Å². The van der Waals surface area contributed by atoms with E-state index in [1.165, 1.54) is 0 Å². The van der Waals surface area contributed by atoms with Gasteiger partial charge in [-0.15, -0.1) is 12.4 Å². The second-order valence-corrected chi connectivity index (χ2v) is 5.01. The van der Waals surface area contributed by atoms with Crippen LogP contribution in [0.25, 0.3) is 0 Å². The van der Waals surface area contributed by atoms with Crippen molar-refractivity contribution in [1.82, 2.24) is 4.90 Å². The fourth-order valence-corrected chi connectivity index (χ4v) is 2.36. The normalized spacial score (nSPS) is 18.6. The van der Waals surface area contributed by atoms with Gasteiger partial charge in [-0.05, 0) is 48.7 Å². The number of rotatable bonds is 6. The molecule has 0 saturated carbocycles. The maximum absolute atomic E-state index is 12.1. The van der Waals surface area contributed by atoms with Gasteiger partial charge in [-0.1, -0.05) is 0 Å². The van der Waals surface area contributed by atoms with Crippen LogP contribution in [0.4, 0.5) is 4.39 Å². The van der Waals surface area contributed by atoms with Gasteiger partial charge >= 0.3 is 0 Å². The molecule has 0 bridgehead atoms. The first-order valence-corrected chi connectivity index (χ1v) is 6.81. The summed E-state index contributed by atoms with van der Waals surface area (Å²) in [4.78, 5) is 13.1. The Morgan fingerprint density at radius 3 is 2.70 bits per heavy atom. The largest absolute Gasteiger partial charge is 0.489 e. The van der Waals surface area contributed by atoms with Crippen molar-refractivity contribution in [1.29, 1.82) is 0 Å². The van der Waals surface area contributed by atoms with E-state index in [2.05, 4.69) is 4.90 Å². The van der Waals surface area contributed by atoms with Gasteiger partial charge in [-0.3, -0.25) is 14.1 Å². The quantitative estimate of drug-likeness (QED) is 0.753. The summed E-state index contributed by atoms with van der Waals surface area (Å²) in [5.74, 6) is 0.735. The minimum absolute atomic E-state index is 0. The predicted octanol–water partition coefficient (Wildman–Crippen LogP) is 3.30. The number of nitrogens with zero attached hydrogens (tertiary/aromatic N) is 1. The number of ether oxygens (including phenoxy) is 1. The molecule has 1 saturated heterocycles. The summed E-state index contributed by atoms with van der Waals surface area (Å²) < 4.78 is 17.9. The lowest BCUT2D eigenvalue weighted by Gasteiger charge is -2.16. The van der Waals surface area contributed by atoms with Crippen LogP contribution in [0.5, 0.6) is 5.75 Å². The number of carbonyl (C=O) groups excluding carboxylic acids is 1. The van der Waals surface area contributed by atoms with Gasteiger partial charge in [0.1, 0.15) is 11.9 Å². The van der Waals surface area contributed by atoms with Crippen LogP contribution in [-0.4, -0.2) is 42.6 Å². The van der Waals surface area contributed by atoms with Crippen molar-refractivity contribution in [3.8, 4) is 5.75 Å². The highest BCUT2D eigenvalue weighted by atomic mass is 35.5. The molecule has 1 fully saturated rings. The molecule has 1 aromatic carbocycles. The minimum atomic E-state index is -0.468. The highest BCUT2D eigenvalue weighted by Crippen LogP contribution is 2.19. The summed E-state index contributed by atoms with van der Waals surface area (Å²) >= 11 is 5.38. The van der Waals surface area contributed by atoms with Crippen molar-refractivity contribution >= 4 is 29.3 Å². The van der Waals surface area contributed by atoms with Crippen molar-refractivity contribution in [3.05, 3.63) is 29.8 Å². The van der Waals surface area contributed by atoms with Gasteiger partial charge < -0.3 is 4.74 Å². The number of benzene rings is 1. The zero-order chi connectivity index (χ0) is 13.7.